The summed E-state index contributed by atoms with van der Waals surface area (Å²) < 4.78 is 0. The Labute approximate surface area is 142 Å². The van der Waals surface area contributed by atoms with Crippen molar-refractivity contribution in [3.63, 3.8) is 0 Å². The van der Waals surface area contributed by atoms with Gasteiger partial charge in [0.05, 0.1) is 0 Å². The maximum atomic E-state index is 0. The summed E-state index contributed by atoms with van der Waals surface area (Å²) in [6.45, 7) is 0. The summed E-state index contributed by atoms with van der Waals surface area (Å²) in [6, 6.07) is 0. The van der Waals surface area contributed by atoms with Crippen LogP contribution in [0.2, 0.25) is 0 Å². The predicted octanol–water partition coefficient (Wildman–Crippen LogP) is -0.00250. The van der Waals surface area contributed by atoms with Crippen molar-refractivity contribution in [1.29, 1.82) is 0 Å². The zero-order valence-electron chi connectivity index (χ0n) is 1.91. The van der Waals surface area contributed by atoms with Gasteiger partial charge in [-0.2, -0.15) is 0 Å². The molecule has 0 saturated heterocycles. The molecule has 0 unspecified atom stereocenters. The molecular formula is CeLaLuY. The van der Waals surface area contributed by atoms with E-state index in [0.29, 0.717) is 0 Å². The first kappa shape index (κ1) is 23.1. The van der Waals surface area contributed by atoms with Crippen molar-refractivity contribution < 1.29 is 147 Å². The van der Waals surface area contributed by atoms with Crippen molar-refractivity contribution in [1.82, 2.24) is 0 Å². The molecule has 0 bridgehead atoms. The van der Waals surface area contributed by atoms with Crippen LogP contribution < -0.4 is 0 Å². The molecule has 0 fully saturated rings. The molecule has 0 aromatic rings. The van der Waals surface area contributed by atoms with Crippen LogP contribution in [0.5, 0.6) is 0 Å². The van der Waals surface area contributed by atoms with E-state index in [1.165, 1.54) is 0 Å². The number of rotatable bonds is 0. The summed E-state index contributed by atoms with van der Waals surface area (Å²) in [4.78, 5) is 0. The van der Waals surface area contributed by atoms with Gasteiger partial charge in [0.1, 0.15) is 0 Å². The van der Waals surface area contributed by atoms with Crippen LogP contribution >= 0.6 is 0 Å². The molecule has 0 aliphatic heterocycles. The van der Waals surface area contributed by atoms with Gasteiger partial charge in [-0.25, -0.2) is 0 Å². The van der Waals surface area contributed by atoms with E-state index < -0.39 is 0 Å². The molecule has 0 heterocycles. The number of hydrogen-bond acceptors (Lipinski definition) is 0. The monoisotopic (exact) mass is 543 g/mol. The van der Waals surface area contributed by atoms with Gasteiger partial charge in [-0.15, -0.1) is 0 Å². The van der Waals surface area contributed by atoms with E-state index in [9.17, 15) is 0 Å². The van der Waals surface area contributed by atoms with Crippen LogP contribution in [0, 0.1) is 114 Å². The van der Waals surface area contributed by atoms with E-state index in [4.69, 9.17) is 0 Å². The van der Waals surface area contributed by atoms with Gasteiger partial charge in [0.2, 0.25) is 0 Å². The van der Waals surface area contributed by atoms with Crippen molar-refractivity contribution in [2.75, 3.05) is 0 Å². The molecule has 0 saturated carbocycles. The standard InChI is InChI=1S/Ce.La.Lu.Y. The van der Waals surface area contributed by atoms with Gasteiger partial charge >= 0.3 is 0 Å². The first-order chi connectivity index (χ1) is 0. The van der Waals surface area contributed by atoms with Gasteiger partial charge in [0, 0.05) is 147 Å². The van der Waals surface area contributed by atoms with E-state index in [-0.39, 0.29) is 147 Å². The van der Waals surface area contributed by atoms with Crippen LogP contribution in [0.3, 0.4) is 0 Å². The van der Waals surface area contributed by atoms with Crippen molar-refractivity contribution in [2.45, 2.75) is 0 Å². The summed E-state index contributed by atoms with van der Waals surface area (Å²) >= 11 is 0. The largest absolute Gasteiger partial charge is 0 e. The van der Waals surface area contributed by atoms with Crippen LogP contribution in [0.4, 0.5) is 0 Å². The Hall–Kier alpha value is 4.91. The maximum Gasteiger partial charge on any atom is 0 e. The summed E-state index contributed by atoms with van der Waals surface area (Å²) in [7, 11) is 0. The van der Waals surface area contributed by atoms with Gasteiger partial charge < -0.3 is 0 Å². The Morgan fingerprint density at radius 2 is 1.00 bits per heavy atom. The fourth-order valence-electron chi connectivity index (χ4n) is 0. The second-order valence-electron chi connectivity index (χ2n) is 0. The quantitative estimate of drug-likeness (QED) is 0.404. The normalized spacial score (nSPS) is 0. The van der Waals surface area contributed by atoms with Crippen LogP contribution in [-0.4, -0.2) is 0 Å². The van der Waals surface area contributed by atoms with Crippen LogP contribution in [0.15, 0.2) is 0 Å². The minimum Gasteiger partial charge on any atom is 0 e. The summed E-state index contributed by atoms with van der Waals surface area (Å²) in [5, 5.41) is 0. The third kappa shape index (κ3) is 10.0. The van der Waals surface area contributed by atoms with Gasteiger partial charge in [-0.1, -0.05) is 0 Å². The van der Waals surface area contributed by atoms with Crippen molar-refractivity contribution in [3.05, 3.63) is 0 Å². The van der Waals surface area contributed by atoms with Gasteiger partial charge in [0.25, 0.3) is 0 Å². The van der Waals surface area contributed by atoms with E-state index in [1.807, 2.05) is 0 Å². The molecule has 0 amide bonds. The first-order valence-electron chi connectivity index (χ1n) is 0. The van der Waals surface area contributed by atoms with Gasteiger partial charge in [-0.3, -0.25) is 0 Å². The van der Waals surface area contributed by atoms with Crippen molar-refractivity contribution in [3.8, 4) is 0 Å². The van der Waals surface area contributed by atoms with E-state index in [1.54, 1.807) is 0 Å². The second-order valence-corrected chi connectivity index (χ2v) is 0. The van der Waals surface area contributed by atoms with E-state index in [2.05, 4.69) is 0 Å². The Bertz CT molecular complexity index is 8.00. The molecule has 0 atom stereocenters. The first-order valence-corrected chi connectivity index (χ1v) is 0. The molecule has 0 aromatic heterocycles. The van der Waals surface area contributed by atoms with Crippen LogP contribution in [0.1, 0.15) is 0 Å². The minimum atomic E-state index is 0. The van der Waals surface area contributed by atoms with E-state index in [0.717, 1.165) is 0 Å². The molecule has 0 aliphatic rings. The second kappa shape index (κ2) is 15.7. The maximum absolute atomic E-state index is 0. The zero-order valence-corrected chi connectivity index (χ0v) is 13.2. The molecule has 0 nitrogen and oxygen atoms in total. The van der Waals surface area contributed by atoms with Crippen LogP contribution in [0.25, 0.3) is 0 Å². The molecule has 0 aromatic carbocycles. The summed E-state index contributed by atoms with van der Waals surface area (Å²) in [5.74, 6) is 0. The molecule has 25 valence electrons. The van der Waals surface area contributed by atoms with Crippen molar-refractivity contribution in [2.24, 2.45) is 0 Å². The Morgan fingerprint density at radius 3 is 1.00 bits per heavy atom. The molecule has 3 radical (unpaired) electrons. The Balaban J connectivity index is 0. The topological polar surface area (TPSA) is 0 Å². The molecule has 4 heteroatoms. The molecule has 4 heavy (non-hydrogen) atoms. The molecular weight excluding hydrogens is 543 g/mol. The van der Waals surface area contributed by atoms with Gasteiger partial charge in [-0.05, 0) is 0 Å². The van der Waals surface area contributed by atoms with E-state index >= 15 is 0 Å². The molecule has 0 rings (SSSR count). The third-order valence-electron chi connectivity index (χ3n) is 0. The average Bonchev–Trinajstić information content (AvgIpc) is 0. The van der Waals surface area contributed by atoms with Crippen molar-refractivity contribution >= 4 is 0 Å². The van der Waals surface area contributed by atoms with Gasteiger partial charge in [0.15, 0.2) is 0 Å². The Morgan fingerprint density at radius 1 is 1.00 bits per heavy atom. The predicted molar refractivity (Wildman–Crippen MR) is 0 cm³/mol. The smallest absolute Gasteiger partial charge is 0 e. The molecule has 0 N–H and O–H groups in total. The van der Waals surface area contributed by atoms with Crippen LogP contribution in [-0.2, 0) is 32.7 Å². The molecule has 0 spiro atoms. The fraction of sp³-hybridized carbons (Fsp3) is 0. The SMILES string of the molecule is [Ce].[La].[Lu].[Y]. The average molecular weight is 543 g/mol. The fourth-order valence-corrected chi connectivity index (χ4v) is 0. The zero-order chi connectivity index (χ0) is 0. The summed E-state index contributed by atoms with van der Waals surface area (Å²) in [6.07, 6.45) is 0. The number of hydrogen-bond donors (Lipinski definition) is 0. The minimum absolute atomic E-state index is 0. The third-order valence-corrected chi connectivity index (χ3v) is 0. The summed E-state index contributed by atoms with van der Waals surface area (Å²) in [5.41, 5.74) is 0. The molecule has 0 aliphatic carbocycles. The Kier molecular flexibility index (Phi) is 90.6.